The summed E-state index contributed by atoms with van der Waals surface area (Å²) in [5.74, 6) is 0.913. The van der Waals surface area contributed by atoms with Crippen molar-refractivity contribution in [2.24, 2.45) is 23.2 Å². The summed E-state index contributed by atoms with van der Waals surface area (Å²) in [6.45, 7) is 0.948. The van der Waals surface area contributed by atoms with Crippen molar-refractivity contribution in [3.05, 3.63) is 29.1 Å². The second kappa shape index (κ2) is 7.44. The lowest BCUT2D eigenvalue weighted by atomic mass is 9.76. The molecule has 6 nitrogen and oxygen atoms in total. The van der Waals surface area contributed by atoms with E-state index in [2.05, 4.69) is 0 Å². The summed E-state index contributed by atoms with van der Waals surface area (Å²) < 4.78 is 26.7. The highest BCUT2D eigenvalue weighted by atomic mass is 19.1. The molecule has 1 heterocycles. The van der Waals surface area contributed by atoms with Crippen molar-refractivity contribution >= 4 is 11.9 Å². The minimum absolute atomic E-state index is 0.0635. The summed E-state index contributed by atoms with van der Waals surface area (Å²) >= 11 is 0. The molecule has 6 aliphatic rings. The van der Waals surface area contributed by atoms with Gasteiger partial charge < -0.3 is 19.5 Å². The molecule has 1 aromatic carbocycles. The molecule has 4 bridgehead atoms. The van der Waals surface area contributed by atoms with Crippen LogP contribution in [0.5, 0.6) is 5.75 Å². The smallest absolute Gasteiger partial charge is 0.328 e. The minimum atomic E-state index is -1.14. The molecule has 1 amide bonds. The summed E-state index contributed by atoms with van der Waals surface area (Å²) in [6.07, 6.45) is 8.49. The van der Waals surface area contributed by atoms with Crippen LogP contribution in [0.25, 0.3) is 0 Å². The average Bonchev–Trinajstić information content (AvgIpc) is 3.54. The molecule has 1 saturated heterocycles. The van der Waals surface area contributed by atoms with Crippen LogP contribution in [0.3, 0.4) is 0 Å². The van der Waals surface area contributed by atoms with E-state index in [4.69, 9.17) is 9.47 Å². The van der Waals surface area contributed by atoms with E-state index >= 15 is 4.39 Å². The number of carboxylic acid groups (broad SMARTS) is 1. The number of aliphatic carboxylic acids is 1. The van der Waals surface area contributed by atoms with Gasteiger partial charge in [-0.05, 0) is 80.2 Å². The number of carboxylic acids is 1. The monoisotopic (exact) mass is 443 g/mol. The number of amides is 1. The van der Waals surface area contributed by atoms with Gasteiger partial charge in [-0.15, -0.1) is 0 Å². The molecule has 6 fully saturated rings. The maximum atomic E-state index is 15.2. The number of halogens is 1. The zero-order chi connectivity index (χ0) is 22.0. The third-order valence-corrected chi connectivity index (χ3v) is 8.70. The normalized spacial score (nSPS) is 35.3. The Hall–Kier alpha value is -2.15. The van der Waals surface area contributed by atoms with Gasteiger partial charge in [0.15, 0.2) is 6.04 Å². The molecule has 0 radical (unpaired) electrons. The van der Waals surface area contributed by atoms with E-state index in [1.807, 2.05) is 0 Å². The van der Waals surface area contributed by atoms with E-state index in [1.54, 1.807) is 6.07 Å². The van der Waals surface area contributed by atoms with Crippen LogP contribution >= 0.6 is 0 Å². The molecular formula is C25H30FNO5. The Morgan fingerprint density at radius 3 is 2.62 bits per heavy atom. The van der Waals surface area contributed by atoms with E-state index in [1.165, 1.54) is 43.1 Å². The fourth-order valence-corrected chi connectivity index (χ4v) is 7.20. The van der Waals surface area contributed by atoms with Crippen LogP contribution in [-0.4, -0.2) is 54.3 Å². The number of ether oxygens (including phenoxy) is 2. The van der Waals surface area contributed by atoms with Crippen molar-refractivity contribution in [2.45, 2.75) is 56.9 Å². The van der Waals surface area contributed by atoms with Gasteiger partial charge in [0.25, 0.3) is 5.91 Å². The van der Waals surface area contributed by atoms with Crippen LogP contribution in [0.15, 0.2) is 12.1 Å². The predicted molar refractivity (Wildman–Crippen MR) is 113 cm³/mol. The summed E-state index contributed by atoms with van der Waals surface area (Å²) in [5, 5.41) is 9.45. The highest BCUT2D eigenvalue weighted by Crippen LogP contribution is 2.65. The molecule has 3 unspecified atom stereocenters. The molecule has 5 aliphatic carbocycles. The van der Waals surface area contributed by atoms with E-state index in [9.17, 15) is 14.7 Å². The Kier molecular flexibility index (Phi) is 4.75. The third-order valence-electron chi connectivity index (χ3n) is 8.70. The lowest BCUT2D eigenvalue weighted by molar-refractivity contribution is -0.147. The SMILES string of the molecule is O=C(O)C1COCCN1C(=O)c1cc(C2CC2)c(OCC23CC4CC(CC2C4)C3)cc1F. The summed E-state index contributed by atoms with van der Waals surface area (Å²) in [5.41, 5.74) is 1.08. The lowest BCUT2D eigenvalue weighted by Crippen LogP contribution is -2.52. The zero-order valence-electron chi connectivity index (χ0n) is 18.2. The molecule has 7 heteroatoms. The van der Waals surface area contributed by atoms with Crippen LogP contribution in [0.1, 0.15) is 66.8 Å². The van der Waals surface area contributed by atoms with Crippen LogP contribution in [-0.2, 0) is 9.53 Å². The number of hydrogen-bond acceptors (Lipinski definition) is 4. The molecule has 7 rings (SSSR count). The minimum Gasteiger partial charge on any atom is -0.493 e. The first-order valence-electron chi connectivity index (χ1n) is 12.0. The number of benzene rings is 1. The highest BCUT2D eigenvalue weighted by Gasteiger charge is 2.58. The standard InChI is InChI=1S/C25H30FNO5/c26-20-9-22(32-13-25-10-14-5-15(11-25)7-17(25)6-14)18(16-1-2-16)8-19(20)23(28)27-3-4-31-12-21(27)24(29)30/h8-9,14-17,21H,1-7,10-13H2,(H,29,30). The molecule has 32 heavy (non-hydrogen) atoms. The second-order valence-corrected chi connectivity index (χ2v) is 10.8. The number of nitrogens with zero attached hydrogens (tertiary/aromatic N) is 1. The van der Waals surface area contributed by atoms with E-state index in [-0.39, 0.29) is 36.7 Å². The van der Waals surface area contributed by atoms with Gasteiger partial charge in [-0.2, -0.15) is 0 Å². The molecule has 5 saturated carbocycles. The largest absolute Gasteiger partial charge is 0.493 e. The Morgan fingerprint density at radius 1 is 1.19 bits per heavy atom. The first-order valence-corrected chi connectivity index (χ1v) is 12.0. The van der Waals surface area contributed by atoms with Gasteiger partial charge in [0.1, 0.15) is 11.6 Å². The van der Waals surface area contributed by atoms with Crippen LogP contribution < -0.4 is 4.74 Å². The van der Waals surface area contributed by atoms with Crippen molar-refractivity contribution in [3.8, 4) is 5.75 Å². The van der Waals surface area contributed by atoms with Crippen LogP contribution in [0.2, 0.25) is 0 Å². The van der Waals surface area contributed by atoms with Gasteiger partial charge in [-0.1, -0.05) is 0 Å². The quantitative estimate of drug-likeness (QED) is 0.723. The van der Waals surface area contributed by atoms with Gasteiger partial charge >= 0.3 is 5.97 Å². The zero-order valence-corrected chi connectivity index (χ0v) is 18.2. The lowest BCUT2D eigenvalue weighted by Gasteiger charge is -2.33. The maximum Gasteiger partial charge on any atom is 0.328 e. The van der Waals surface area contributed by atoms with Gasteiger partial charge in [-0.3, -0.25) is 4.79 Å². The Balaban J connectivity index is 1.25. The summed E-state index contributed by atoms with van der Waals surface area (Å²) in [7, 11) is 0. The number of rotatable bonds is 6. The Morgan fingerprint density at radius 2 is 1.94 bits per heavy atom. The van der Waals surface area contributed by atoms with E-state index in [0.717, 1.165) is 36.2 Å². The van der Waals surface area contributed by atoms with E-state index < -0.39 is 23.7 Å². The van der Waals surface area contributed by atoms with Crippen molar-refractivity contribution in [2.75, 3.05) is 26.4 Å². The summed E-state index contributed by atoms with van der Waals surface area (Å²) in [6, 6.07) is 1.89. The Labute approximate surface area is 187 Å². The fraction of sp³-hybridized carbons (Fsp3) is 0.680. The van der Waals surface area contributed by atoms with Crippen LogP contribution in [0.4, 0.5) is 4.39 Å². The molecule has 1 N–H and O–H groups in total. The van der Waals surface area contributed by atoms with Gasteiger partial charge in [0.2, 0.25) is 0 Å². The van der Waals surface area contributed by atoms with Crippen molar-refractivity contribution in [1.29, 1.82) is 0 Å². The highest BCUT2D eigenvalue weighted by molar-refractivity contribution is 5.97. The molecule has 0 aromatic heterocycles. The topological polar surface area (TPSA) is 76.1 Å². The van der Waals surface area contributed by atoms with Gasteiger partial charge in [-0.25, -0.2) is 9.18 Å². The molecule has 1 aliphatic heterocycles. The molecular weight excluding hydrogens is 413 g/mol. The predicted octanol–water partition coefficient (Wildman–Crippen LogP) is 3.83. The van der Waals surface area contributed by atoms with Crippen molar-refractivity contribution < 1.29 is 28.6 Å². The molecule has 1 aromatic rings. The van der Waals surface area contributed by atoms with Crippen molar-refractivity contribution in [1.82, 2.24) is 4.90 Å². The fourth-order valence-electron chi connectivity index (χ4n) is 7.20. The molecule has 172 valence electrons. The third kappa shape index (κ3) is 3.31. The number of hydrogen-bond donors (Lipinski definition) is 1. The summed E-state index contributed by atoms with van der Waals surface area (Å²) in [4.78, 5) is 25.9. The average molecular weight is 444 g/mol. The molecule has 3 atom stereocenters. The number of morpholine rings is 1. The first-order chi connectivity index (χ1) is 15.4. The van der Waals surface area contributed by atoms with Crippen molar-refractivity contribution in [3.63, 3.8) is 0 Å². The maximum absolute atomic E-state index is 15.2. The van der Waals surface area contributed by atoms with Crippen LogP contribution in [0, 0.1) is 29.0 Å². The second-order valence-electron chi connectivity index (χ2n) is 10.8. The van der Waals surface area contributed by atoms with E-state index in [0.29, 0.717) is 12.4 Å². The van der Waals surface area contributed by atoms with Gasteiger partial charge in [0.05, 0.1) is 25.4 Å². The Bertz CT molecular complexity index is 946. The number of carbonyl (C=O) groups excluding carboxylic acids is 1. The van der Waals surface area contributed by atoms with Gasteiger partial charge in [0, 0.05) is 18.0 Å². The number of carbonyl (C=O) groups is 2. The first kappa shape index (κ1) is 20.5. The molecule has 0 spiro atoms.